The summed E-state index contributed by atoms with van der Waals surface area (Å²) in [6.07, 6.45) is 4.41. The van der Waals surface area contributed by atoms with Crippen molar-refractivity contribution in [2.75, 3.05) is 7.05 Å². The van der Waals surface area contributed by atoms with E-state index in [-0.39, 0.29) is 0 Å². The highest BCUT2D eigenvalue weighted by Gasteiger charge is 2.48. The molecule has 2 fully saturated rings. The molecule has 2 bridgehead atoms. The Kier molecular flexibility index (Phi) is 1.76. The minimum Gasteiger partial charge on any atom is -0.300 e. The molecule has 2 rings (SSSR count). The molecule has 1 nitrogen and oxygen atoms in total. The van der Waals surface area contributed by atoms with Crippen molar-refractivity contribution in [3.05, 3.63) is 0 Å². The molecule has 0 radical (unpaired) electrons. The fourth-order valence-corrected chi connectivity index (χ4v) is 3.53. The van der Waals surface area contributed by atoms with Crippen LogP contribution in [0.3, 0.4) is 0 Å². The van der Waals surface area contributed by atoms with Crippen molar-refractivity contribution < 1.29 is 0 Å². The maximum absolute atomic E-state index is 2.63. The number of likely N-dealkylation sites (tertiary alicyclic amines) is 1. The Labute approximate surface area is 76.1 Å². The zero-order valence-electron chi connectivity index (χ0n) is 8.80. The molecule has 2 aliphatic rings. The fourth-order valence-electron chi connectivity index (χ4n) is 3.53. The van der Waals surface area contributed by atoms with E-state index < -0.39 is 0 Å². The van der Waals surface area contributed by atoms with Crippen LogP contribution < -0.4 is 0 Å². The Bertz CT molecular complexity index is 178. The van der Waals surface area contributed by atoms with Crippen molar-refractivity contribution >= 4 is 0 Å². The maximum atomic E-state index is 2.63. The molecule has 0 aromatic heterocycles. The van der Waals surface area contributed by atoms with Crippen LogP contribution in [0.5, 0.6) is 0 Å². The van der Waals surface area contributed by atoms with Gasteiger partial charge in [-0.3, -0.25) is 4.90 Å². The molecule has 1 heteroatoms. The van der Waals surface area contributed by atoms with E-state index in [2.05, 4.69) is 32.7 Å². The average molecular weight is 167 g/mol. The van der Waals surface area contributed by atoms with E-state index in [1.165, 1.54) is 19.3 Å². The van der Waals surface area contributed by atoms with Crippen LogP contribution >= 0.6 is 0 Å². The quantitative estimate of drug-likeness (QED) is 0.536. The lowest BCUT2D eigenvalue weighted by Crippen LogP contribution is -2.45. The molecular formula is C11H21N. The molecular weight excluding hydrogens is 146 g/mol. The topological polar surface area (TPSA) is 3.24 Å². The maximum Gasteiger partial charge on any atom is 0.0172 e. The van der Waals surface area contributed by atoms with Crippen LogP contribution in [0.25, 0.3) is 0 Å². The van der Waals surface area contributed by atoms with E-state index in [1.807, 2.05) is 0 Å². The van der Waals surface area contributed by atoms with Crippen molar-refractivity contribution in [3.8, 4) is 0 Å². The summed E-state index contributed by atoms with van der Waals surface area (Å²) >= 11 is 0. The Morgan fingerprint density at radius 2 is 1.83 bits per heavy atom. The summed E-state index contributed by atoms with van der Waals surface area (Å²) in [5.74, 6) is 1.000. The van der Waals surface area contributed by atoms with Gasteiger partial charge >= 0.3 is 0 Å². The first kappa shape index (κ1) is 8.55. The fraction of sp³-hybridized carbons (Fsp3) is 1.00. The highest BCUT2D eigenvalue weighted by Crippen LogP contribution is 2.47. The molecule has 0 amide bonds. The predicted molar refractivity (Wildman–Crippen MR) is 52.1 cm³/mol. The lowest BCUT2D eigenvalue weighted by atomic mass is 9.78. The summed E-state index contributed by atoms with van der Waals surface area (Å²) in [6.45, 7) is 7.15. The molecule has 1 saturated heterocycles. The van der Waals surface area contributed by atoms with Gasteiger partial charge in [0.25, 0.3) is 0 Å². The minimum atomic E-state index is 0.481. The van der Waals surface area contributed by atoms with Crippen molar-refractivity contribution in [1.82, 2.24) is 4.90 Å². The molecule has 1 aliphatic carbocycles. The molecule has 0 spiro atoms. The van der Waals surface area contributed by atoms with Crippen LogP contribution in [0, 0.1) is 11.3 Å². The number of piperidine rings is 1. The van der Waals surface area contributed by atoms with Gasteiger partial charge in [-0.25, -0.2) is 0 Å². The van der Waals surface area contributed by atoms with E-state index in [0.29, 0.717) is 5.41 Å². The highest BCUT2D eigenvalue weighted by atomic mass is 15.2. The van der Waals surface area contributed by atoms with Gasteiger partial charge in [-0.15, -0.1) is 0 Å². The van der Waals surface area contributed by atoms with Crippen molar-refractivity contribution in [2.45, 2.75) is 52.1 Å². The summed E-state index contributed by atoms with van der Waals surface area (Å²) in [7, 11) is 2.32. The van der Waals surface area contributed by atoms with Gasteiger partial charge < -0.3 is 0 Å². The van der Waals surface area contributed by atoms with E-state index in [9.17, 15) is 0 Å². The molecule has 0 N–H and O–H groups in total. The monoisotopic (exact) mass is 167 g/mol. The second-order valence-electron chi connectivity index (χ2n) is 5.70. The summed E-state index contributed by atoms with van der Waals surface area (Å²) in [6, 6.07) is 1.76. The first-order valence-corrected chi connectivity index (χ1v) is 5.22. The normalized spacial score (nSPS) is 42.5. The van der Waals surface area contributed by atoms with Crippen LogP contribution in [-0.2, 0) is 0 Å². The first-order chi connectivity index (χ1) is 5.50. The molecule has 70 valence electrons. The molecule has 3 atom stereocenters. The Hall–Kier alpha value is -0.0400. The van der Waals surface area contributed by atoms with Crippen molar-refractivity contribution in [2.24, 2.45) is 11.3 Å². The largest absolute Gasteiger partial charge is 0.300 e. The van der Waals surface area contributed by atoms with E-state index in [0.717, 1.165) is 18.0 Å². The van der Waals surface area contributed by atoms with Gasteiger partial charge in [0.15, 0.2) is 0 Å². The van der Waals surface area contributed by atoms with Crippen LogP contribution in [0.2, 0.25) is 0 Å². The standard InChI is InChI=1S/C11H21N/c1-11(2,3)10-8-5-6-9(7-8)12(10)4/h8-10H,5-7H2,1-4H3/t8-,9+,10?/m0/s1. The van der Waals surface area contributed by atoms with Crippen LogP contribution in [0.15, 0.2) is 0 Å². The average Bonchev–Trinajstić information content (AvgIpc) is 2.42. The minimum absolute atomic E-state index is 0.481. The van der Waals surface area contributed by atoms with Crippen LogP contribution in [0.1, 0.15) is 40.0 Å². The number of rotatable bonds is 0. The lowest BCUT2D eigenvalue weighted by molar-refractivity contribution is 0.0815. The van der Waals surface area contributed by atoms with E-state index in [4.69, 9.17) is 0 Å². The summed E-state index contributed by atoms with van der Waals surface area (Å²) in [4.78, 5) is 2.63. The van der Waals surface area contributed by atoms with Gasteiger partial charge in [0, 0.05) is 12.1 Å². The van der Waals surface area contributed by atoms with Gasteiger partial charge in [-0.1, -0.05) is 20.8 Å². The van der Waals surface area contributed by atoms with Crippen LogP contribution in [-0.4, -0.2) is 24.0 Å². The zero-order chi connectivity index (χ0) is 8.93. The second kappa shape index (κ2) is 2.47. The molecule has 0 aromatic carbocycles. The molecule has 1 heterocycles. The molecule has 12 heavy (non-hydrogen) atoms. The van der Waals surface area contributed by atoms with Gasteiger partial charge in [0.1, 0.15) is 0 Å². The molecule has 1 unspecified atom stereocenters. The van der Waals surface area contributed by atoms with Gasteiger partial charge in [0.05, 0.1) is 0 Å². The second-order valence-corrected chi connectivity index (χ2v) is 5.70. The third kappa shape index (κ3) is 1.10. The number of fused-ring (bicyclic) bond motifs is 2. The smallest absolute Gasteiger partial charge is 0.0172 e. The lowest BCUT2D eigenvalue weighted by Gasteiger charge is -2.41. The highest BCUT2D eigenvalue weighted by molar-refractivity contribution is 5.02. The van der Waals surface area contributed by atoms with Crippen molar-refractivity contribution in [3.63, 3.8) is 0 Å². The van der Waals surface area contributed by atoms with Gasteiger partial charge in [-0.05, 0) is 37.6 Å². The predicted octanol–water partition coefficient (Wildman–Crippen LogP) is 2.52. The van der Waals surface area contributed by atoms with Crippen LogP contribution in [0.4, 0.5) is 0 Å². The summed E-state index contributed by atoms with van der Waals surface area (Å²) < 4.78 is 0. The first-order valence-electron chi connectivity index (χ1n) is 5.22. The van der Waals surface area contributed by atoms with Crippen molar-refractivity contribution in [1.29, 1.82) is 0 Å². The van der Waals surface area contributed by atoms with Gasteiger partial charge in [-0.2, -0.15) is 0 Å². The van der Waals surface area contributed by atoms with E-state index in [1.54, 1.807) is 0 Å². The Balaban J connectivity index is 2.17. The zero-order valence-corrected chi connectivity index (χ0v) is 8.80. The van der Waals surface area contributed by atoms with Gasteiger partial charge in [0.2, 0.25) is 0 Å². The third-order valence-electron chi connectivity index (χ3n) is 3.79. The number of hydrogen-bond donors (Lipinski definition) is 0. The van der Waals surface area contributed by atoms with E-state index >= 15 is 0 Å². The molecule has 1 saturated carbocycles. The molecule has 0 aromatic rings. The Morgan fingerprint density at radius 3 is 2.17 bits per heavy atom. The number of hydrogen-bond acceptors (Lipinski definition) is 1. The summed E-state index contributed by atoms with van der Waals surface area (Å²) in [5.41, 5.74) is 0.481. The molecule has 1 aliphatic heterocycles. The third-order valence-corrected chi connectivity index (χ3v) is 3.79. The SMILES string of the molecule is CN1C(C(C)(C)C)[C@H]2CC[C@@H]1C2. The summed E-state index contributed by atoms with van der Waals surface area (Å²) in [5, 5.41) is 0. The number of nitrogens with zero attached hydrogens (tertiary/aromatic N) is 1. The Morgan fingerprint density at radius 1 is 1.17 bits per heavy atom.